The van der Waals surface area contributed by atoms with E-state index in [1.807, 2.05) is 0 Å². The van der Waals surface area contributed by atoms with Gasteiger partial charge in [-0.3, -0.25) is 0 Å². The van der Waals surface area contributed by atoms with Gasteiger partial charge in [-0.1, -0.05) is 112 Å². The summed E-state index contributed by atoms with van der Waals surface area (Å²) >= 11 is 0. The minimum atomic E-state index is 1.12. The highest BCUT2D eigenvalue weighted by atomic mass is 14.3. The SMILES string of the molecule is CCCCc1cc2c3ccc4cccc5c6c(CCCC)cccc6c(c6ccc7c8ccccc8cc1c7c26)c3c45. The third-order valence-corrected chi connectivity index (χ3v) is 10.1. The average molecular weight is 539 g/mol. The molecular formula is C42H34. The molecule has 0 fully saturated rings. The van der Waals surface area contributed by atoms with Crippen molar-refractivity contribution in [3.8, 4) is 0 Å². The highest BCUT2D eigenvalue weighted by molar-refractivity contribution is 6.46. The van der Waals surface area contributed by atoms with Crippen LogP contribution in [0.1, 0.15) is 50.7 Å². The second-order valence-corrected chi connectivity index (χ2v) is 12.5. The van der Waals surface area contributed by atoms with Gasteiger partial charge in [0.15, 0.2) is 0 Å². The molecule has 0 nitrogen and oxygen atoms in total. The van der Waals surface area contributed by atoms with Gasteiger partial charge in [-0.25, -0.2) is 0 Å². The van der Waals surface area contributed by atoms with Crippen molar-refractivity contribution in [2.75, 3.05) is 0 Å². The Hall–Kier alpha value is -4.42. The van der Waals surface area contributed by atoms with Gasteiger partial charge in [-0.05, 0) is 135 Å². The average Bonchev–Trinajstić information content (AvgIpc) is 3.04. The molecule has 9 aromatic rings. The molecule has 0 unspecified atom stereocenters. The van der Waals surface area contributed by atoms with Crippen molar-refractivity contribution in [3.05, 3.63) is 108 Å². The Labute approximate surface area is 246 Å². The normalized spacial score (nSPS) is 12.6. The quantitative estimate of drug-likeness (QED) is 0.146. The zero-order valence-corrected chi connectivity index (χ0v) is 24.5. The Kier molecular flexibility index (Phi) is 5.21. The molecule has 0 atom stereocenters. The number of hydrogen-bond acceptors (Lipinski definition) is 0. The number of aryl methyl sites for hydroxylation is 2. The molecule has 0 saturated heterocycles. The summed E-state index contributed by atoms with van der Waals surface area (Å²) in [5.41, 5.74) is 2.98. The van der Waals surface area contributed by atoms with Crippen LogP contribution in [-0.4, -0.2) is 0 Å². The molecule has 0 heteroatoms. The highest BCUT2D eigenvalue weighted by Crippen LogP contribution is 2.50. The Balaban J connectivity index is 1.59. The first-order valence-electron chi connectivity index (χ1n) is 15.9. The zero-order chi connectivity index (χ0) is 27.9. The van der Waals surface area contributed by atoms with Gasteiger partial charge >= 0.3 is 0 Å². The predicted octanol–water partition coefficient (Wildman–Crippen LogP) is 12.5. The molecule has 0 amide bonds. The smallest absolute Gasteiger partial charge is 0.000784 e. The van der Waals surface area contributed by atoms with Gasteiger partial charge in [-0.2, -0.15) is 0 Å². The highest BCUT2D eigenvalue weighted by Gasteiger charge is 2.22. The Morgan fingerprint density at radius 1 is 0.357 bits per heavy atom. The molecule has 0 bridgehead atoms. The minimum absolute atomic E-state index is 1.12. The lowest BCUT2D eigenvalue weighted by Crippen LogP contribution is -1.97. The van der Waals surface area contributed by atoms with E-state index in [2.05, 4.69) is 111 Å². The summed E-state index contributed by atoms with van der Waals surface area (Å²) in [6.45, 7) is 4.61. The molecule has 0 aliphatic heterocycles. The van der Waals surface area contributed by atoms with Gasteiger partial charge in [0.2, 0.25) is 0 Å². The van der Waals surface area contributed by atoms with Crippen LogP contribution >= 0.6 is 0 Å². The maximum atomic E-state index is 2.56. The maximum Gasteiger partial charge on any atom is -0.000784 e. The van der Waals surface area contributed by atoms with E-state index < -0.39 is 0 Å². The fraction of sp³-hybridized carbons (Fsp3) is 0.190. The van der Waals surface area contributed by atoms with E-state index in [4.69, 9.17) is 0 Å². The standard InChI is InChI=1S/C42H34/c1-3-5-11-25-14-9-18-33-37(25)32-17-10-15-26-19-20-31-36-24-28(12-6-4-2)35-23-27-13-7-8-16-29(27)30-21-22-34(41(36)39(30)35)40(33)42(31)38(26)32/h7-10,13-24H,3-6,11-12H2,1-2H3. The van der Waals surface area contributed by atoms with Crippen molar-refractivity contribution in [2.24, 2.45) is 0 Å². The summed E-state index contributed by atoms with van der Waals surface area (Å²) in [4.78, 5) is 0. The number of hydrogen-bond donors (Lipinski definition) is 0. The Morgan fingerprint density at radius 3 is 1.81 bits per heavy atom. The summed E-state index contributed by atoms with van der Waals surface area (Å²) in [7, 11) is 0. The van der Waals surface area contributed by atoms with Crippen LogP contribution in [0.25, 0.3) is 86.2 Å². The molecule has 0 saturated carbocycles. The fourth-order valence-corrected chi connectivity index (χ4v) is 8.24. The van der Waals surface area contributed by atoms with Crippen LogP contribution in [0.3, 0.4) is 0 Å². The molecule has 0 spiro atoms. The molecule has 0 aliphatic rings. The van der Waals surface area contributed by atoms with Crippen molar-refractivity contribution in [2.45, 2.75) is 52.4 Å². The summed E-state index contributed by atoms with van der Waals surface area (Å²) in [6.07, 6.45) is 7.08. The van der Waals surface area contributed by atoms with Crippen molar-refractivity contribution in [1.29, 1.82) is 0 Å². The lowest BCUT2D eigenvalue weighted by atomic mass is 9.80. The van der Waals surface area contributed by atoms with Crippen LogP contribution in [-0.2, 0) is 12.8 Å². The van der Waals surface area contributed by atoms with Gasteiger partial charge in [0.25, 0.3) is 0 Å². The molecule has 0 N–H and O–H groups in total. The first-order chi connectivity index (χ1) is 20.8. The van der Waals surface area contributed by atoms with E-state index in [0.717, 1.165) is 12.8 Å². The van der Waals surface area contributed by atoms with E-state index in [0.29, 0.717) is 0 Å². The van der Waals surface area contributed by atoms with Crippen LogP contribution in [0.2, 0.25) is 0 Å². The molecule has 42 heavy (non-hydrogen) atoms. The van der Waals surface area contributed by atoms with Gasteiger partial charge < -0.3 is 0 Å². The second-order valence-electron chi connectivity index (χ2n) is 12.5. The minimum Gasteiger partial charge on any atom is -0.0654 e. The summed E-state index contributed by atoms with van der Waals surface area (Å²) in [6, 6.07) is 37.7. The molecule has 9 rings (SSSR count). The lowest BCUT2D eigenvalue weighted by Gasteiger charge is -2.23. The summed E-state index contributed by atoms with van der Waals surface area (Å²) in [5.74, 6) is 0. The number of benzene rings is 9. The molecule has 0 aliphatic carbocycles. The van der Waals surface area contributed by atoms with E-state index in [9.17, 15) is 0 Å². The van der Waals surface area contributed by atoms with Crippen molar-refractivity contribution < 1.29 is 0 Å². The van der Waals surface area contributed by atoms with Gasteiger partial charge in [0.05, 0.1) is 0 Å². The van der Waals surface area contributed by atoms with Crippen molar-refractivity contribution in [1.82, 2.24) is 0 Å². The number of fused-ring (bicyclic) bond motifs is 7. The summed E-state index contributed by atoms with van der Waals surface area (Å²) < 4.78 is 0. The molecule has 9 aromatic carbocycles. The molecule has 202 valence electrons. The van der Waals surface area contributed by atoms with E-state index in [-0.39, 0.29) is 0 Å². The lowest BCUT2D eigenvalue weighted by molar-refractivity contribution is 0.799. The van der Waals surface area contributed by atoms with Crippen LogP contribution < -0.4 is 0 Å². The Bertz CT molecular complexity index is 2480. The van der Waals surface area contributed by atoms with Crippen LogP contribution in [0, 0.1) is 0 Å². The van der Waals surface area contributed by atoms with Crippen LogP contribution in [0.15, 0.2) is 97.1 Å². The first-order valence-corrected chi connectivity index (χ1v) is 15.9. The monoisotopic (exact) mass is 538 g/mol. The van der Waals surface area contributed by atoms with E-state index in [1.54, 1.807) is 0 Å². The van der Waals surface area contributed by atoms with Gasteiger partial charge in [0, 0.05) is 0 Å². The number of rotatable bonds is 6. The largest absolute Gasteiger partial charge is 0.0654 e. The van der Waals surface area contributed by atoms with Crippen molar-refractivity contribution in [3.63, 3.8) is 0 Å². The molecule has 0 aromatic heterocycles. The van der Waals surface area contributed by atoms with Crippen LogP contribution in [0.4, 0.5) is 0 Å². The van der Waals surface area contributed by atoms with E-state index in [1.165, 1.54) is 123 Å². The van der Waals surface area contributed by atoms with Gasteiger partial charge in [0.1, 0.15) is 0 Å². The predicted molar refractivity (Wildman–Crippen MR) is 186 cm³/mol. The third-order valence-electron chi connectivity index (χ3n) is 10.1. The van der Waals surface area contributed by atoms with E-state index >= 15 is 0 Å². The second kappa shape index (κ2) is 9.04. The third kappa shape index (κ3) is 3.13. The number of unbranched alkanes of at least 4 members (excludes halogenated alkanes) is 2. The summed E-state index contributed by atoms with van der Waals surface area (Å²) in [5, 5.41) is 22.6. The fourth-order valence-electron chi connectivity index (χ4n) is 8.24. The maximum absolute atomic E-state index is 2.56. The van der Waals surface area contributed by atoms with Gasteiger partial charge in [-0.15, -0.1) is 0 Å². The van der Waals surface area contributed by atoms with Crippen LogP contribution in [0.5, 0.6) is 0 Å². The zero-order valence-electron chi connectivity index (χ0n) is 24.5. The molecular weight excluding hydrogens is 504 g/mol. The topological polar surface area (TPSA) is 0 Å². The molecule has 0 radical (unpaired) electrons. The molecule has 0 heterocycles. The van der Waals surface area contributed by atoms with Crippen molar-refractivity contribution >= 4 is 86.2 Å². The Morgan fingerprint density at radius 2 is 0.952 bits per heavy atom. The first kappa shape index (κ1) is 24.2.